The maximum absolute atomic E-state index is 13.1. The average molecular weight is 242 g/mol. The molecule has 4 heteroatoms. The van der Waals surface area contributed by atoms with Crippen LogP contribution in [0.1, 0.15) is 5.56 Å². The van der Waals surface area contributed by atoms with Gasteiger partial charge in [0.2, 0.25) is 0 Å². The minimum atomic E-state index is -0.290. The normalized spacial score (nSPS) is 11.0. The summed E-state index contributed by atoms with van der Waals surface area (Å²) in [6.45, 7) is 0.0245. The molecule has 1 N–H and O–H groups in total. The maximum Gasteiger partial charge on any atom is 0.139 e. The molecule has 18 heavy (non-hydrogen) atoms. The predicted molar refractivity (Wildman–Crippen MR) is 66.5 cm³/mol. The highest BCUT2D eigenvalue weighted by Crippen LogP contribution is 2.20. The fraction of sp³-hybridized carbons (Fsp3) is 0.0714. The molecule has 0 amide bonds. The number of hydrogen-bond donors (Lipinski definition) is 1. The zero-order valence-electron chi connectivity index (χ0n) is 9.55. The van der Waals surface area contributed by atoms with E-state index in [2.05, 4.69) is 4.98 Å². The summed E-state index contributed by atoms with van der Waals surface area (Å²) in [5, 5.41) is 8.98. The number of benzene rings is 1. The lowest BCUT2D eigenvalue weighted by Gasteiger charge is -1.98. The molecule has 0 bridgehead atoms. The highest BCUT2D eigenvalue weighted by atomic mass is 19.1. The van der Waals surface area contributed by atoms with Gasteiger partial charge in [-0.1, -0.05) is 24.3 Å². The molecule has 0 saturated heterocycles. The number of rotatable bonds is 2. The topological polar surface area (TPSA) is 37.5 Å². The van der Waals surface area contributed by atoms with Crippen LogP contribution < -0.4 is 0 Å². The molecule has 1 aromatic carbocycles. The second kappa shape index (κ2) is 4.23. The van der Waals surface area contributed by atoms with Crippen molar-refractivity contribution >= 4 is 5.65 Å². The molecular weight excluding hydrogens is 231 g/mol. The third-order valence-electron chi connectivity index (χ3n) is 2.85. The average Bonchev–Trinajstić information content (AvgIpc) is 2.81. The first-order valence-corrected chi connectivity index (χ1v) is 5.61. The zero-order valence-corrected chi connectivity index (χ0v) is 9.55. The molecule has 0 saturated carbocycles. The van der Waals surface area contributed by atoms with Crippen molar-refractivity contribution in [2.45, 2.75) is 6.61 Å². The molecule has 0 radical (unpaired) electrons. The molecule has 0 unspecified atom stereocenters. The van der Waals surface area contributed by atoms with Crippen LogP contribution in [0.4, 0.5) is 4.39 Å². The number of halogens is 1. The van der Waals surface area contributed by atoms with Gasteiger partial charge in [-0.2, -0.15) is 0 Å². The van der Waals surface area contributed by atoms with Gasteiger partial charge < -0.3 is 9.51 Å². The quantitative estimate of drug-likeness (QED) is 0.750. The minimum absolute atomic E-state index is 0.0245. The summed E-state index contributed by atoms with van der Waals surface area (Å²) in [4.78, 5) is 4.41. The van der Waals surface area contributed by atoms with Crippen LogP contribution in [-0.4, -0.2) is 14.5 Å². The summed E-state index contributed by atoms with van der Waals surface area (Å²) in [7, 11) is 0. The second-order valence-electron chi connectivity index (χ2n) is 4.09. The Bertz CT molecular complexity index is 689. The largest absolute Gasteiger partial charge is 0.392 e. The van der Waals surface area contributed by atoms with Gasteiger partial charge in [0.25, 0.3) is 0 Å². The number of aromatic nitrogens is 2. The fourth-order valence-corrected chi connectivity index (χ4v) is 1.88. The summed E-state index contributed by atoms with van der Waals surface area (Å²) < 4.78 is 14.7. The number of hydrogen-bond acceptors (Lipinski definition) is 2. The van der Waals surface area contributed by atoms with Crippen molar-refractivity contribution in [1.29, 1.82) is 0 Å². The van der Waals surface area contributed by atoms with Crippen LogP contribution >= 0.6 is 0 Å². The van der Waals surface area contributed by atoms with E-state index in [0.717, 1.165) is 16.8 Å². The Hall–Kier alpha value is -2.20. The number of imidazole rings is 1. The van der Waals surface area contributed by atoms with E-state index in [1.54, 1.807) is 16.7 Å². The van der Waals surface area contributed by atoms with Crippen LogP contribution in [0, 0.1) is 5.82 Å². The molecule has 2 heterocycles. The van der Waals surface area contributed by atoms with Crippen LogP contribution in [-0.2, 0) is 6.61 Å². The Balaban J connectivity index is 2.07. The van der Waals surface area contributed by atoms with E-state index in [1.807, 2.05) is 24.3 Å². The maximum atomic E-state index is 13.1. The van der Waals surface area contributed by atoms with Crippen molar-refractivity contribution in [2.24, 2.45) is 0 Å². The summed E-state index contributed by atoms with van der Waals surface area (Å²) in [5.41, 5.74) is 3.28. The number of nitrogens with zero attached hydrogens (tertiary/aromatic N) is 2. The first kappa shape index (κ1) is 10.9. The van der Waals surface area contributed by atoms with Crippen molar-refractivity contribution in [3.63, 3.8) is 0 Å². The number of aliphatic hydroxyl groups is 1. The molecule has 3 aromatic rings. The van der Waals surface area contributed by atoms with Crippen LogP contribution in [0.2, 0.25) is 0 Å². The second-order valence-corrected chi connectivity index (χ2v) is 4.09. The molecular formula is C14H11FN2O. The molecule has 3 nitrogen and oxygen atoms in total. The van der Waals surface area contributed by atoms with E-state index >= 15 is 0 Å². The molecule has 2 aromatic heterocycles. The van der Waals surface area contributed by atoms with E-state index in [-0.39, 0.29) is 12.4 Å². The molecule has 3 rings (SSSR count). The van der Waals surface area contributed by atoms with Crippen molar-refractivity contribution in [2.75, 3.05) is 0 Å². The van der Waals surface area contributed by atoms with E-state index in [4.69, 9.17) is 5.11 Å². The monoisotopic (exact) mass is 242 g/mol. The zero-order chi connectivity index (χ0) is 12.5. The summed E-state index contributed by atoms with van der Waals surface area (Å²) in [5.74, 6) is -0.290. The Morgan fingerprint density at radius 3 is 2.56 bits per heavy atom. The minimum Gasteiger partial charge on any atom is -0.392 e. The van der Waals surface area contributed by atoms with Crippen LogP contribution in [0.25, 0.3) is 16.9 Å². The highest BCUT2D eigenvalue weighted by Gasteiger charge is 2.04. The third kappa shape index (κ3) is 1.87. The van der Waals surface area contributed by atoms with Gasteiger partial charge in [0.1, 0.15) is 11.5 Å². The van der Waals surface area contributed by atoms with Gasteiger partial charge >= 0.3 is 0 Å². The smallest absolute Gasteiger partial charge is 0.139 e. The fourth-order valence-electron chi connectivity index (χ4n) is 1.88. The molecule has 0 fully saturated rings. The lowest BCUT2D eigenvalue weighted by Crippen LogP contribution is -1.83. The van der Waals surface area contributed by atoms with Crippen molar-refractivity contribution in [3.8, 4) is 11.3 Å². The number of fused-ring (bicyclic) bond motifs is 1. The predicted octanol–water partition coefficient (Wildman–Crippen LogP) is 2.63. The van der Waals surface area contributed by atoms with Gasteiger partial charge in [-0.3, -0.25) is 0 Å². The molecule has 0 spiro atoms. The van der Waals surface area contributed by atoms with E-state index < -0.39 is 0 Å². The SMILES string of the molecule is OCc1ccc(-c2cn3cc(F)ccc3n2)cc1. The lowest BCUT2D eigenvalue weighted by atomic mass is 10.1. The Kier molecular flexibility index (Phi) is 2.57. The molecule has 0 aliphatic rings. The van der Waals surface area contributed by atoms with E-state index in [9.17, 15) is 4.39 Å². The molecule has 0 atom stereocenters. The van der Waals surface area contributed by atoms with Gasteiger partial charge in [-0.25, -0.2) is 9.37 Å². The number of aliphatic hydroxyl groups excluding tert-OH is 1. The van der Waals surface area contributed by atoms with E-state index in [1.165, 1.54) is 12.3 Å². The first-order chi connectivity index (χ1) is 8.76. The summed E-state index contributed by atoms with van der Waals surface area (Å²) >= 11 is 0. The first-order valence-electron chi connectivity index (χ1n) is 5.61. The summed E-state index contributed by atoms with van der Waals surface area (Å²) in [6, 6.07) is 10.5. The van der Waals surface area contributed by atoms with Crippen LogP contribution in [0.15, 0.2) is 48.8 Å². The Morgan fingerprint density at radius 1 is 1.06 bits per heavy atom. The van der Waals surface area contributed by atoms with Gasteiger partial charge in [0, 0.05) is 18.0 Å². The van der Waals surface area contributed by atoms with Crippen LogP contribution in [0.3, 0.4) is 0 Å². The van der Waals surface area contributed by atoms with E-state index in [0.29, 0.717) is 5.65 Å². The van der Waals surface area contributed by atoms with Gasteiger partial charge in [-0.05, 0) is 17.7 Å². The van der Waals surface area contributed by atoms with Crippen molar-refractivity contribution in [3.05, 3.63) is 60.2 Å². The molecule has 0 aliphatic heterocycles. The standard InChI is InChI=1S/C14H11FN2O/c15-12-5-6-14-16-13(8-17(14)7-12)11-3-1-10(9-18)2-4-11/h1-8,18H,9H2. The lowest BCUT2D eigenvalue weighted by molar-refractivity contribution is 0.282. The van der Waals surface area contributed by atoms with Crippen molar-refractivity contribution in [1.82, 2.24) is 9.38 Å². The van der Waals surface area contributed by atoms with Gasteiger partial charge in [0.15, 0.2) is 0 Å². The van der Waals surface area contributed by atoms with Crippen molar-refractivity contribution < 1.29 is 9.50 Å². The van der Waals surface area contributed by atoms with Crippen LogP contribution in [0.5, 0.6) is 0 Å². The van der Waals surface area contributed by atoms with Gasteiger partial charge in [0.05, 0.1) is 12.3 Å². The summed E-state index contributed by atoms with van der Waals surface area (Å²) in [6.07, 6.45) is 3.18. The molecule has 0 aliphatic carbocycles. The number of pyridine rings is 1. The Morgan fingerprint density at radius 2 is 1.83 bits per heavy atom. The third-order valence-corrected chi connectivity index (χ3v) is 2.85. The highest BCUT2D eigenvalue weighted by molar-refractivity contribution is 5.62. The van der Waals surface area contributed by atoms with Gasteiger partial charge in [-0.15, -0.1) is 0 Å². The Labute approximate surface area is 103 Å². The molecule has 90 valence electrons.